The summed E-state index contributed by atoms with van der Waals surface area (Å²) in [6, 6.07) is 6.91. The minimum absolute atomic E-state index is 0.500. The molecule has 0 amide bonds. The second-order valence-corrected chi connectivity index (χ2v) is 5.78. The number of benzene rings is 1. The molecule has 18 heavy (non-hydrogen) atoms. The predicted molar refractivity (Wildman–Crippen MR) is 78.1 cm³/mol. The summed E-state index contributed by atoms with van der Waals surface area (Å²) in [6.45, 7) is 2.24. The Morgan fingerprint density at radius 1 is 1.50 bits per heavy atom. The third-order valence-corrected chi connectivity index (χ3v) is 4.38. The van der Waals surface area contributed by atoms with Gasteiger partial charge in [0.15, 0.2) is 0 Å². The maximum Gasteiger partial charge on any atom is 0.133 e. The van der Waals surface area contributed by atoms with Gasteiger partial charge in [-0.25, -0.2) is 0 Å². The SMILES string of the molecule is CNCC1CCN(C)C1c1ccc(OC)c(Br)c1. The van der Waals surface area contributed by atoms with Gasteiger partial charge in [-0.1, -0.05) is 6.07 Å². The number of hydrogen-bond acceptors (Lipinski definition) is 3. The zero-order valence-corrected chi connectivity index (χ0v) is 12.8. The molecular weight excluding hydrogens is 292 g/mol. The summed E-state index contributed by atoms with van der Waals surface area (Å²) in [5, 5.41) is 3.30. The van der Waals surface area contributed by atoms with Crippen LogP contribution in [0, 0.1) is 5.92 Å². The van der Waals surface area contributed by atoms with Crippen LogP contribution in [0.1, 0.15) is 18.0 Å². The number of hydrogen-bond donors (Lipinski definition) is 1. The highest BCUT2D eigenvalue weighted by molar-refractivity contribution is 9.10. The normalized spacial score (nSPS) is 24.4. The lowest BCUT2D eigenvalue weighted by Crippen LogP contribution is -2.26. The molecular formula is C14H21BrN2O. The minimum atomic E-state index is 0.500. The molecule has 1 heterocycles. The van der Waals surface area contributed by atoms with Gasteiger partial charge in [-0.15, -0.1) is 0 Å². The number of rotatable bonds is 4. The lowest BCUT2D eigenvalue weighted by molar-refractivity contribution is 0.274. The summed E-state index contributed by atoms with van der Waals surface area (Å²) >= 11 is 3.57. The molecule has 1 aliphatic heterocycles. The van der Waals surface area contributed by atoms with Crippen molar-refractivity contribution in [1.29, 1.82) is 0 Å². The Morgan fingerprint density at radius 3 is 2.89 bits per heavy atom. The molecule has 3 nitrogen and oxygen atoms in total. The zero-order valence-electron chi connectivity index (χ0n) is 11.2. The van der Waals surface area contributed by atoms with E-state index in [-0.39, 0.29) is 0 Å². The van der Waals surface area contributed by atoms with Crippen molar-refractivity contribution in [2.75, 3.05) is 34.3 Å². The van der Waals surface area contributed by atoms with Crippen LogP contribution < -0.4 is 10.1 Å². The van der Waals surface area contributed by atoms with Crippen LogP contribution in [0.2, 0.25) is 0 Å². The van der Waals surface area contributed by atoms with Crippen molar-refractivity contribution in [3.05, 3.63) is 28.2 Å². The maximum absolute atomic E-state index is 5.29. The standard InChI is InChI=1S/C14H21BrN2O/c1-16-9-11-6-7-17(2)14(11)10-4-5-13(18-3)12(15)8-10/h4-5,8,11,14,16H,6-7,9H2,1-3H3. The van der Waals surface area contributed by atoms with E-state index < -0.39 is 0 Å². The topological polar surface area (TPSA) is 24.5 Å². The molecule has 0 spiro atoms. The lowest BCUT2D eigenvalue weighted by atomic mass is 9.93. The van der Waals surface area contributed by atoms with E-state index in [0.717, 1.165) is 16.8 Å². The second kappa shape index (κ2) is 6.04. The van der Waals surface area contributed by atoms with Crippen LogP contribution in [-0.2, 0) is 0 Å². The third-order valence-electron chi connectivity index (χ3n) is 3.76. The molecule has 1 fully saturated rings. The van der Waals surface area contributed by atoms with Crippen molar-refractivity contribution >= 4 is 15.9 Å². The number of likely N-dealkylation sites (tertiary alicyclic amines) is 1. The van der Waals surface area contributed by atoms with Crippen LogP contribution in [0.5, 0.6) is 5.75 Å². The molecule has 0 saturated carbocycles. The molecule has 0 radical (unpaired) electrons. The van der Waals surface area contributed by atoms with Gasteiger partial charge in [0.2, 0.25) is 0 Å². The van der Waals surface area contributed by atoms with Gasteiger partial charge in [0, 0.05) is 6.04 Å². The van der Waals surface area contributed by atoms with Crippen LogP contribution in [0.4, 0.5) is 0 Å². The summed E-state index contributed by atoms with van der Waals surface area (Å²) in [4.78, 5) is 2.44. The van der Waals surface area contributed by atoms with E-state index in [2.05, 4.69) is 45.3 Å². The molecule has 1 aromatic rings. The van der Waals surface area contributed by atoms with Crippen molar-refractivity contribution < 1.29 is 4.74 Å². The minimum Gasteiger partial charge on any atom is -0.496 e. The van der Waals surface area contributed by atoms with Crippen molar-refractivity contribution in [3.63, 3.8) is 0 Å². The summed E-state index contributed by atoms with van der Waals surface area (Å²) in [6.07, 6.45) is 1.26. The van der Waals surface area contributed by atoms with Crippen molar-refractivity contribution in [2.45, 2.75) is 12.5 Å². The van der Waals surface area contributed by atoms with Gasteiger partial charge in [0.05, 0.1) is 11.6 Å². The lowest BCUT2D eigenvalue weighted by Gasteiger charge is -2.26. The highest BCUT2D eigenvalue weighted by Gasteiger charge is 2.32. The Bertz CT molecular complexity index is 409. The quantitative estimate of drug-likeness (QED) is 0.925. The number of nitrogens with one attached hydrogen (secondary N) is 1. The molecule has 1 saturated heterocycles. The van der Waals surface area contributed by atoms with E-state index in [1.807, 2.05) is 13.1 Å². The fraction of sp³-hybridized carbons (Fsp3) is 0.571. The first-order chi connectivity index (χ1) is 8.67. The van der Waals surface area contributed by atoms with Gasteiger partial charge in [0.25, 0.3) is 0 Å². The van der Waals surface area contributed by atoms with Crippen molar-refractivity contribution in [3.8, 4) is 5.75 Å². The Balaban J connectivity index is 2.25. The summed E-state index contributed by atoms with van der Waals surface area (Å²) in [7, 11) is 5.93. The molecule has 0 bridgehead atoms. The summed E-state index contributed by atoms with van der Waals surface area (Å²) in [5.74, 6) is 1.57. The van der Waals surface area contributed by atoms with E-state index in [1.165, 1.54) is 18.5 Å². The van der Waals surface area contributed by atoms with Gasteiger partial charge in [-0.3, -0.25) is 4.90 Å². The summed E-state index contributed by atoms with van der Waals surface area (Å²) < 4.78 is 6.32. The molecule has 2 rings (SSSR count). The Kier molecular flexibility index (Phi) is 4.65. The molecule has 4 heteroatoms. The Morgan fingerprint density at radius 2 is 2.28 bits per heavy atom. The van der Waals surface area contributed by atoms with Crippen molar-refractivity contribution in [1.82, 2.24) is 10.2 Å². The Labute approximate surface area is 118 Å². The highest BCUT2D eigenvalue weighted by atomic mass is 79.9. The highest BCUT2D eigenvalue weighted by Crippen LogP contribution is 2.38. The van der Waals surface area contributed by atoms with Gasteiger partial charge in [-0.2, -0.15) is 0 Å². The largest absolute Gasteiger partial charge is 0.496 e. The number of halogens is 1. The van der Waals surface area contributed by atoms with Gasteiger partial charge in [0.1, 0.15) is 5.75 Å². The first-order valence-electron chi connectivity index (χ1n) is 6.35. The van der Waals surface area contributed by atoms with Crippen LogP contribution >= 0.6 is 15.9 Å². The number of methoxy groups -OCH3 is 1. The van der Waals surface area contributed by atoms with E-state index in [9.17, 15) is 0 Å². The molecule has 100 valence electrons. The predicted octanol–water partition coefficient (Wildman–Crippen LogP) is 2.67. The van der Waals surface area contributed by atoms with Crippen LogP contribution in [-0.4, -0.2) is 39.2 Å². The zero-order chi connectivity index (χ0) is 13.1. The summed E-state index contributed by atoms with van der Waals surface area (Å²) in [5.41, 5.74) is 1.36. The smallest absolute Gasteiger partial charge is 0.133 e. The van der Waals surface area contributed by atoms with Crippen molar-refractivity contribution in [2.24, 2.45) is 5.92 Å². The molecule has 0 aliphatic carbocycles. The number of ether oxygens (including phenoxy) is 1. The fourth-order valence-corrected chi connectivity index (χ4v) is 3.45. The van der Waals surface area contributed by atoms with E-state index in [0.29, 0.717) is 12.0 Å². The van der Waals surface area contributed by atoms with Crippen LogP contribution in [0.15, 0.2) is 22.7 Å². The molecule has 0 aromatic heterocycles. The van der Waals surface area contributed by atoms with E-state index >= 15 is 0 Å². The molecule has 1 N–H and O–H groups in total. The first kappa shape index (κ1) is 13.8. The van der Waals surface area contributed by atoms with Crippen LogP contribution in [0.3, 0.4) is 0 Å². The average Bonchev–Trinajstić information content (AvgIpc) is 2.71. The van der Waals surface area contributed by atoms with Gasteiger partial charge in [-0.05, 0) is 73.1 Å². The molecule has 1 aliphatic rings. The second-order valence-electron chi connectivity index (χ2n) is 4.93. The maximum atomic E-state index is 5.29. The monoisotopic (exact) mass is 312 g/mol. The fourth-order valence-electron chi connectivity index (χ4n) is 2.90. The first-order valence-corrected chi connectivity index (χ1v) is 7.15. The van der Waals surface area contributed by atoms with E-state index in [4.69, 9.17) is 4.74 Å². The molecule has 2 atom stereocenters. The third kappa shape index (κ3) is 2.71. The Hall–Kier alpha value is -0.580. The number of nitrogens with zero attached hydrogens (tertiary/aromatic N) is 1. The van der Waals surface area contributed by atoms with E-state index in [1.54, 1.807) is 7.11 Å². The molecule has 1 aromatic carbocycles. The van der Waals surface area contributed by atoms with Gasteiger partial charge >= 0.3 is 0 Å². The van der Waals surface area contributed by atoms with Gasteiger partial charge < -0.3 is 10.1 Å². The molecule has 2 unspecified atom stereocenters. The average molecular weight is 313 g/mol. The van der Waals surface area contributed by atoms with Crippen LogP contribution in [0.25, 0.3) is 0 Å².